The van der Waals surface area contributed by atoms with Gasteiger partial charge in [-0.1, -0.05) is 19.1 Å². The quantitative estimate of drug-likeness (QED) is 0.539. The summed E-state index contributed by atoms with van der Waals surface area (Å²) in [6.07, 6.45) is 12.9. The van der Waals surface area contributed by atoms with Gasteiger partial charge in [-0.15, -0.1) is 0 Å². The number of unbranched alkanes of at least 4 members (excludes halogenated alkanes) is 1. The van der Waals surface area contributed by atoms with Gasteiger partial charge < -0.3 is 16.0 Å². The van der Waals surface area contributed by atoms with E-state index in [2.05, 4.69) is 35.0 Å². The molecule has 0 aromatic carbocycles. The molecule has 0 saturated carbocycles. The minimum atomic E-state index is 0.198. The predicted octanol–water partition coefficient (Wildman–Crippen LogP) is 2.36. The molecule has 0 spiro atoms. The molecule has 4 nitrogen and oxygen atoms in total. The number of rotatable bonds is 5. The molecule has 1 heterocycles. The van der Waals surface area contributed by atoms with Crippen LogP contribution in [0.5, 0.6) is 0 Å². The molecule has 1 rings (SSSR count). The Kier molecular flexibility index (Phi) is 11.1. The van der Waals surface area contributed by atoms with Crippen molar-refractivity contribution in [3.05, 3.63) is 12.2 Å². The molecule has 0 radical (unpaired) electrons. The van der Waals surface area contributed by atoms with Crippen molar-refractivity contribution < 1.29 is 4.79 Å². The van der Waals surface area contributed by atoms with Crippen LogP contribution in [-0.2, 0) is 4.79 Å². The van der Waals surface area contributed by atoms with Crippen LogP contribution < -0.4 is 16.0 Å². The zero-order valence-electron chi connectivity index (χ0n) is 13.6. The van der Waals surface area contributed by atoms with Crippen LogP contribution in [0.3, 0.4) is 0 Å². The highest BCUT2D eigenvalue weighted by Gasteiger charge is 2.12. The first kappa shape index (κ1) is 18.2. The van der Waals surface area contributed by atoms with E-state index in [1.807, 2.05) is 0 Å². The number of allylic oxidation sites excluding steroid dienone is 2. The molecule has 4 heteroatoms. The van der Waals surface area contributed by atoms with Crippen LogP contribution >= 0.6 is 0 Å². The third-order valence-electron chi connectivity index (χ3n) is 3.82. The van der Waals surface area contributed by atoms with Crippen molar-refractivity contribution in [3.63, 3.8) is 0 Å². The molecule has 3 N–H and O–H groups in total. The highest BCUT2D eigenvalue weighted by molar-refractivity contribution is 5.76. The summed E-state index contributed by atoms with van der Waals surface area (Å²) < 4.78 is 0. The van der Waals surface area contributed by atoms with Crippen LogP contribution in [0.2, 0.25) is 0 Å². The molecule has 1 saturated heterocycles. The highest BCUT2D eigenvalue weighted by Crippen LogP contribution is 2.06. The molecule has 1 atom stereocenters. The van der Waals surface area contributed by atoms with Crippen LogP contribution in [-0.4, -0.2) is 38.1 Å². The molecular weight excluding hydrogens is 262 g/mol. The topological polar surface area (TPSA) is 53.2 Å². The highest BCUT2D eigenvalue weighted by atomic mass is 16.1. The zero-order chi connectivity index (χ0) is 15.2. The predicted molar refractivity (Wildman–Crippen MR) is 89.4 cm³/mol. The van der Waals surface area contributed by atoms with Gasteiger partial charge in [0.15, 0.2) is 0 Å². The summed E-state index contributed by atoms with van der Waals surface area (Å²) in [7, 11) is 0. The Morgan fingerprint density at radius 3 is 2.76 bits per heavy atom. The molecule has 0 bridgehead atoms. The maximum Gasteiger partial charge on any atom is 0.221 e. The molecule has 1 aliphatic rings. The van der Waals surface area contributed by atoms with E-state index < -0.39 is 0 Å². The summed E-state index contributed by atoms with van der Waals surface area (Å²) in [4.78, 5) is 11.9. The van der Waals surface area contributed by atoms with Crippen LogP contribution in [0.1, 0.15) is 58.3 Å². The second-order valence-corrected chi connectivity index (χ2v) is 5.83. The Morgan fingerprint density at radius 1 is 1.10 bits per heavy atom. The Labute approximate surface area is 130 Å². The summed E-state index contributed by atoms with van der Waals surface area (Å²) in [5.74, 6) is 0.198. The largest absolute Gasteiger partial charge is 0.356 e. The van der Waals surface area contributed by atoms with Crippen LogP contribution in [0.4, 0.5) is 0 Å². The summed E-state index contributed by atoms with van der Waals surface area (Å²) in [6, 6.07) is 0.320. The van der Waals surface area contributed by atoms with Gasteiger partial charge in [-0.3, -0.25) is 4.79 Å². The van der Waals surface area contributed by atoms with Gasteiger partial charge in [0.05, 0.1) is 0 Å². The molecule has 1 aliphatic heterocycles. The first-order valence-corrected chi connectivity index (χ1v) is 8.68. The van der Waals surface area contributed by atoms with Gasteiger partial charge in [-0.05, 0) is 64.6 Å². The van der Waals surface area contributed by atoms with Crippen LogP contribution in [0.15, 0.2) is 12.2 Å². The Balaban J connectivity index is 2.32. The van der Waals surface area contributed by atoms with Crippen molar-refractivity contribution >= 4 is 5.91 Å². The standard InChI is InChI=1S/C17H33N3O/c1-2-3-4-5-6-10-16-15-17(21)20-13-8-7-11-18-12-9-14-19-16/h3-4,16,18-19H,2,5-15H2,1H3,(H,20,21)/b4-3-. The van der Waals surface area contributed by atoms with Crippen molar-refractivity contribution in [2.75, 3.05) is 26.2 Å². The number of hydrogen-bond acceptors (Lipinski definition) is 3. The second kappa shape index (κ2) is 12.8. The van der Waals surface area contributed by atoms with E-state index in [9.17, 15) is 4.79 Å². The SMILES string of the molecule is CC/C=C\CCCC1CC(=O)NCCCCNCCCN1. The zero-order valence-corrected chi connectivity index (χ0v) is 13.6. The lowest BCUT2D eigenvalue weighted by atomic mass is 10.1. The molecule has 122 valence electrons. The number of amides is 1. The maximum atomic E-state index is 11.9. The van der Waals surface area contributed by atoms with E-state index >= 15 is 0 Å². The first-order chi connectivity index (χ1) is 10.3. The fraction of sp³-hybridized carbons (Fsp3) is 0.824. The summed E-state index contributed by atoms with van der Waals surface area (Å²) >= 11 is 0. The summed E-state index contributed by atoms with van der Waals surface area (Å²) in [6.45, 7) is 6.09. The van der Waals surface area contributed by atoms with Crippen molar-refractivity contribution in [1.82, 2.24) is 16.0 Å². The van der Waals surface area contributed by atoms with Gasteiger partial charge in [0, 0.05) is 19.0 Å². The average molecular weight is 295 g/mol. The molecule has 1 unspecified atom stereocenters. The van der Waals surface area contributed by atoms with Gasteiger partial charge in [-0.25, -0.2) is 0 Å². The lowest BCUT2D eigenvalue weighted by Gasteiger charge is -2.18. The van der Waals surface area contributed by atoms with Gasteiger partial charge in [-0.2, -0.15) is 0 Å². The maximum absolute atomic E-state index is 11.9. The molecule has 21 heavy (non-hydrogen) atoms. The van der Waals surface area contributed by atoms with E-state index in [4.69, 9.17) is 0 Å². The molecule has 0 aromatic rings. The molecule has 1 fully saturated rings. The van der Waals surface area contributed by atoms with Crippen LogP contribution in [0, 0.1) is 0 Å². The Morgan fingerprint density at radius 2 is 1.90 bits per heavy atom. The number of carbonyl (C=O) groups excluding carboxylic acids is 1. The lowest BCUT2D eigenvalue weighted by Crippen LogP contribution is -2.36. The smallest absolute Gasteiger partial charge is 0.221 e. The van der Waals surface area contributed by atoms with Crippen LogP contribution in [0.25, 0.3) is 0 Å². The minimum Gasteiger partial charge on any atom is -0.356 e. The monoisotopic (exact) mass is 295 g/mol. The van der Waals surface area contributed by atoms with E-state index in [0.717, 1.165) is 71.1 Å². The lowest BCUT2D eigenvalue weighted by molar-refractivity contribution is -0.121. The van der Waals surface area contributed by atoms with Gasteiger partial charge >= 0.3 is 0 Å². The third-order valence-corrected chi connectivity index (χ3v) is 3.82. The fourth-order valence-electron chi connectivity index (χ4n) is 2.59. The van der Waals surface area contributed by atoms with E-state index in [-0.39, 0.29) is 5.91 Å². The van der Waals surface area contributed by atoms with E-state index in [1.165, 1.54) is 0 Å². The summed E-state index contributed by atoms with van der Waals surface area (Å²) in [5, 5.41) is 10.0. The van der Waals surface area contributed by atoms with E-state index in [0.29, 0.717) is 12.5 Å². The van der Waals surface area contributed by atoms with Crippen molar-refractivity contribution in [1.29, 1.82) is 0 Å². The Hall–Kier alpha value is -0.870. The number of carbonyl (C=O) groups is 1. The minimum absolute atomic E-state index is 0.198. The Bertz CT molecular complexity index is 292. The van der Waals surface area contributed by atoms with Crippen molar-refractivity contribution in [2.45, 2.75) is 64.3 Å². The van der Waals surface area contributed by atoms with Crippen molar-refractivity contribution in [2.24, 2.45) is 0 Å². The van der Waals surface area contributed by atoms with E-state index in [1.54, 1.807) is 0 Å². The van der Waals surface area contributed by atoms with Crippen molar-refractivity contribution in [3.8, 4) is 0 Å². The average Bonchev–Trinajstić information content (AvgIpc) is 2.49. The van der Waals surface area contributed by atoms with Gasteiger partial charge in [0.2, 0.25) is 5.91 Å². The third kappa shape index (κ3) is 10.5. The van der Waals surface area contributed by atoms with Gasteiger partial charge in [0.1, 0.15) is 0 Å². The normalized spacial score (nSPS) is 23.1. The molecule has 1 amide bonds. The summed E-state index contributed by atoms with van der Waals surface area (Å²) in [5.41, 5.74) is 0. The molecule has 0 aliphatic carbocycles. The molecular formula is C17H33N3O. The molecule has 0 aromatic heterocycles. The number of nitrogens with one attached hydrogen (secondary N) is 3. The fourth-order valence-corrected chi connectivity index (χ4v) is 2.59. The first-order valence-electron chi connectivity index (χ1n) is 8.68. The second-order valence-electron chi connectivity index (χ2n) is 5.83. The van der Waals surface area contributed by atoms with Gasteiger partial charge in [0.25, 0.3) is 0 Å². The number of hydrogen-bond donors (Lipinski definition) is 3.